The van der Waals surface area contributed by atoms with Gasteiger partial charge in [-0.3, -0.25) is 0 Å². The van der Waals surface area contributed by atoms with Gasteiger partial charge in [0.15, 0.2) is 0 Å². The molecule has 0 aliphatic carbocycles. The molecule has 0 fully saturated rings. The van der Waals surface area contributed by atoms with Crippen LogP contribution in [0.1, 0.15) is 5.56 Å². The number of primary amides is 1. The molecule has 0 bridgehead atoms. The predicted molar refractivity (Wildman–Crippen MR) is 92.7 cm³/mol. The monoisotopic (exact) mass is 327 g/mol. The molecule has 0 saturated heterocycles. The molecule has 2 aromatic carbocycles. The fourth-order valence-corrected chi connectivity index (χ4v) is 3.37. The maximum absolute atomic E-state index is 10.7. The molecule has 0 atom stereocenters. The Morgan fingerprint density at radius 2 is 1.96 bits per heavy atom. The Kier molecular flexibility index (Phi) is 4.27. The van der Waals surface area contributed by atoms with Crippen molar-refractivity contribution < 1.29 is 9.53 Å². The van der Waals surface area contributed by atoms with Crippen LogP contribution in [-0.4, -0.2) is 30.1 Å². The lowest BCUT2D eigenvalue weighted by Crippen LogP contribution is -2.16. The van der Waals surface area contributed by atoms with E-state index in [-0.39, 0.29) is 0 Å². The van der Waals surface area contributed by atoms with Crippen LogP contribution < -0.4 is 10.5 Å². The fraction of sp³-hybridized carbons (Fsp3) is 0.176. The van der Waals surface area contributed by atoms with Gasteiger partial charge in [0.25, 0.3) is 0 Å². The summed E-state index contributed by atoms with van der Waals surface area (Å²) in [5.74, 6) is 0.427. The highest BCUT2D eigenvalue weighted by atomic mass is 32.1. The third-order valence-corrected chi connectivity index (χ3v) is 4.34. The van der Waals surface area contributed by atoms with Gasteiger partial charge in [-0.05, 0) is 56.1 Å². The van der Waals surface area contributed by atoms with Crippen LogP contribution >= 0.6 is 11.3 Å². The number of benzene rings is 2. The van der Waals surface area contributed by atoms with Gasteiger partial charge in [0.2, 0.25) is 0 Å². The molecular weight excluding hydrogens is 310 g/mol. The van der Waals surface area contributed by atoms with Gasteiger partial charge < -0.3 is 15.4 Å². The van der Waals surface area contributed by atoms with Crippen molar-refractivity contribution in [1.82, 2.24) is 9.88 Å². The molecule has 118 valence electrons. The highest BCUT2D eigenvalue weighted by Gasteiger charge is 2.08. The SMILES string of the molecule is CN(C)Cc1ccc2nc(-c3ccc(OC(N)=O)cc3)sc2c1. The zero-order chi connectivity index (χ0) is 16.4. The molecule has 0 aliphatic rings. The molecule has 3 aromatic rings. The van der Waals surface area contributed by atoms with Crippen molar-refractivity contribution in [2.45, 2.75) is 6.54 Å². The molecule has 0 saturated carbocycles. The number of nitrogens with two attached hydrogens (primary N) is 1. The van der Waals surface area contributed by atoms with Gasteiger partial charge in [0.05, 0.1) is 10.2 Å². The number of carbonyl (C=O) groups is 1. The summed E-state index contributed by atoms with van der Waals surface area (Å²) >= 11 is 1.65. The molecule has 1 heterocycles. The fourth-order valence-electron chi connectivity index (χ4n) is 2.34. The molecule has 23 heavy (non-hydrogen) atoms. The number of aromatic nitrogens is 1. The van der Waals surface area contributed by atoms with Gasteiger partial charge in [-0.1, -0.05) is 6.07 Å². The maximum Gasteiger partial charge on any atom is 0.409 e. The zero-order valence-corrected chi connectivity index (χ0v) is 13.8. The summed E-state index contributed by atoms with van der Waals surface area (Å²) in [6.07, 6.45) is -0.814. The molecule has 3 rings (SSSR count). The van der Waals surface area contributed by atoms with E-state index in [1.165, 1.54) is 5.56 Å². The van der Waals surface area contributed by atoms with E-state index in [4.69, 9.17) is 10.5 Å². The van der Waals surface area contributed by atoms with Crippen LogP contribution in [0.5, 0.6) is 5.75 Å². The molecule has 0 radical (unpaired) electrons. The van der Waals surface area contributed by atoms with E-state index < -0.39 is 6.09 Å². The van der Waals surface area contributed by atoms with Gasteiger partial charge in [0.1, 0.15) is 10.8 Å². The molecule has 1 amide bonds. The normalized spacial score (nSPS) is 11.1. The first kappa shape index (κ1) is 15.5. The van der Waals surface area contributed by atoms with E-state index in [0.717, 1.165) is 27.3 Å². The molecule has 5 nitrogen and oxygen atoms in total. The standard InChI is InChI=1S/C17H17N3O2S/c1-20(2)10-11-3-8-14-15(9-11)23-16(19-14)12-4-6-13(7-5-12)22-17(18)21/h3-9H,10H2,1-2H3,(H2,18,21). The summed E-state index contributed by atoms with van der Waals surface area (Å²) in [5, 5.41) is 0.938. The average Bonchev–Trinajstić information content (AvgIpc) is 2.90. The minimum Gasteiger partial charge on any atom is -0.411 e. The van der Waals surface area contributed by atoms with Crippen LogP contribution in [0.2, 0.25) is 0 Å². The first-order chi connectivity index (χ1) is 11.0. The van der Waals surface area contributed by atoms with Gasteiger partial charge in [0, 0.05) is 12.1 Å². The lowest BCUT2D eigenvalue weighted by atomic mass is 10.2. The second-order valence-electron chi connectivity index (χ2n) is 5.50. The Hall–Kier alpha value is -2.44. The summed E-state index contributed by atoms with van der Waals surface area (Å²) in [6, 6.07) is 13.5. The van der Waals surface area contributed by atoms with Gasteiger partial charge in [-0.2, -0.15) is 0 Å². The van der Waals surface area contributed by atoms with Gasteiger partial charge >= 0.3 is 6.09 Å². The number of nitrogens with zero attached hydrogens (tertiary/aromatic N) is 2. The molecule has 6 heteroatoms. The first-order valence-electron chi connectivity index (χ1n) is 7.13. The molecule has 2 N–H and O–H groups in total. The third kappa shape index (κ3) is 3.67. The van der Waals surface area contributed by atoms with Crippen molar-refractivity contribution in [3.63, 3.8) is 0 Å². The summed E-state index contributed by atoms with van der Waals surface area (Å²) < 4.78 is 6.00. The summed E-state index contributed by atoms with van der Waals surface area (Å²) in [6.45, 7) is 0.905. The third-order valence-electron chi connectivity index (χ3n) is 3.27. The van der Waals surface area contributed by atoms with E-state index in [2.05, 4.69) is 42.2 Å². The zero-order valence-electron chi connectivity index (χ0n) is 12.9. The minimum absolute atomic E-state index is 0.427. The highest BCUT2D eigenvalue weighted by Crippen LogP contribution is 2.31. The van der Waals surface area contributed by atoms with E-state index in [1.54, 1.807) is 23.5 Å². The second kappa shape index (κ2) is 6.36. The Morgan fingerprint density at radius 1 is 1.22 bits per heavy atom. The average molecular weight is 327 g/mol. The van der Waals surface area contributed by atoms with E-state index in [9.17, 15) is 4.79 Å². The van der Waals surface area contributed by atoms with Crippen LogP contribution in [0.25, 0.3) is 20.8 Å². The number of amides is 1. The number of fused-ring (bicyclic) bond motifs is 1. The van der Waals surface area contributed by atoms with Crippen molar-refractivity contribution in [3.05, 3.63) is 48.0 Å². The number of hydrogen-bond acceptors (Lipinski definition) is 5. The molecule has 0 spiro atoms. The number of rotatable bonds is 4. The highest BCUT2D eigenvalue weighted by molar-refractivity contribution is 7.21. The van der Waals surface area contributed by atoms with Crippen LogP contribution in [0, 0.1) is 0 Å². The van der Waals surface area contributed by atoms with E-state index in [1.807, 2.05) is 12.1 Å². The Morgan fingerprint density at radius 3 is 2.61 bits per heavy atom. The van der Waals surface area contributed by atoms with E-state index in [0.29, 0.717) is 5.75 Å². The predicted octanol–water partition coefficient (Wildman–Crippen LogP) is 3.48. The lowest BCUT2D eigenvalue weighted by Gasteiger charge is -2.08. The molecular formula is C17H17N3O2S. The van der Waals surface area contributed by atoms with Crippen LogP contribution in [0.4, 0.5) is 4.79 Å². The first-order valence-corrected chi connectivity index (χ1v) is 7.95. The van der Waals surface area contributed by atoms with Gasteiger partial charge in [-0.15, -0.1) is 11.3 Å². The number of carbonyl (C=O) groups excluding carboxylic acids is 1. The van der Waals surface area contributed by atoms with Crippen molar-refractivity contribution >= 4 is 27.6 Å². The number of ether oxygens (including phenoxy) is 1. The van der Waals surface area contributed by atoms with Crippen molar-refractivity contribution in [3.8, 4) is 16.3 Å². The van der Waals surface area contributed by atoms with Crippen molar-refractivity contribution in [1.29, 1.82) is 0 Å². The van der Waals surface area contributed by atoms with Crippen LogP contribution in [0.3, 0.4) is 0 Å². The maximum atomic E-state index is 10.7. The topological polar surface area (TPSA) is 68.5 Å². The summed E-state index contributed by atoms with van der Waals surface area (Å²) in [7, 11) is 4.11. The van der Waals surface area contributed by atoms with Gasteiger partial charge in [-0.25, -0.2) is 9.78 Å². The summed E-state index contributed by atoms with van der Waals surface area (Å²) in [4.78, 5) is 17.5. The number of hydrogen-bond donors (Lipinski definition) is 1. The minimum atomic E-state index is -0.814. The smallest absolute Gasteiger partial charge is 0.409 e. The Bertz CT molecular complexity index is 841. The molecule has 0 aliphatic heterocycles. The largest absolute Gasteiger partial charge is 0.411 e. The summed E-state index contributed by atoms with van der Waals surface area (Å²) in [5.41, 5.74) is 8.24. The second-order valence-corrected chi connectivity index (χ2v) is 6.54. The Labute approximate surface area is 138 Å². The van der Waals surface area contributed by atoms with E-state index >= 15 is 0 Å². The molecule has 1 aromatic heterocycles. The quantitative estimate of drug-likeness (QED) is 0.796. The lowest BCUT2D eigenvalue weighted by molar-refractivity contribution is 0.211. The molecule has 0 unspecified atom stereocenters. The Balaban J connectivity index is 1.89. The van der Waals surface area contributed by atoms with Crippen molar-refractivity contribution in [2.24, 2.45) is 5.73 Å². The number of thiazole rings is 1. The van der Waals surface area contributed by atoms with Crippen LogP contribution in [-0.2, 0) is 6.54 Å². The van der Waals surface area contributed by atoms with Crippen LogP contribution in [0.15, 0.2) is 42.5 Å². The van der Waals surface area contributed by atoms with Crippen molar-refractivity contribution in [2.75, 3.05) is 14.1 Å².